The zero-order valence-electron chi connectivity index (χ0n) is 10.8. The maximum atomic E-state index is 2.99. The SMILES string of the molecule is Cl.[C-]1=CC=CC1.[CH3-].[CH3-].[CH3-].[CH3-].[CH3-].[CH3-].[CH3-].[Ti]. The molecule has 0 spiro atoms. The van der Waals surface area contributed by atoms with Crippen molar-refractivity contribution in [1.29, 1.82) is 0 Å². The van der Waals surface area contributed by atoms with E-state index in [2.05, 4.69) is 12.2 Å². The van der Waals surface area contributed by atoms with Crippen LogP contribution in [0.2, 0.25) is 0 Å². The molecule has 0 amide bonds. The predicted octanol–water partition coefficient (Wildman–Crippen LogP) is 4.88. The molecule has 0 aliphatic heterocycles. The fraction of sp³-hybridized carbons (Fsp3) is 0.0833. The van der Waals surface area contributed by atoms with E-state index in [1.165, 1.54) is 0 Å². The monoisotopic (exact) mass is 254 g/mol. The second-order valence-corrected chi connectivity index (χ2v) is 1.00. The number of rotatable bonds is 0. The molecule has 0 saturated heterocycles. The van der Waals surface area contributed by atoms with Gasteiger partial charge in [-0.05, 0) is 0 Å². The first-order valence-corrected chi connectivity index (χ1v) is 1.72. The number of hydrogen-bond donors (Lipinski definition) is 0. The summed E-state index contributed by atoms with van der Waals surface area (Å²) in [4.78, 5) is 0. The molecule has 0 bridgehead atoms. The van der Waals surface area contributed by atoms with Crippen LogP contribution in [0.1, 0.15) is 6.42 Å². The van der Waals surface area contributed by atoms with Crippen molar-refractivity contribution in [2.75, 3.05) is 0 Å². The minimum atomic E-state index is 0. The number of hydrogen-bond acceptors (Lipinski definition) is 0. The van der Waals surface area contributed by atoms with Crippen molar-refractivity contribution in [2.24, 2.45) is 0 Å². The fourth-order valence-electron chi connectivity index (χ4n) is 0.340. The minimum Gasteiger partial charge on any atom is -0.358 e. The Bertz CT molecular complexity index is 68.4. The molecule has 0 aromatic heterocycles. The smallest absolute Gasteiger partial charge is 0 e. The summed E-state index contributed by atoms with van der Waals surface area (Å²) in [5.74, 6) is 0. The standard InChI is InChI=1S/C5H5.7CH3.ClH.Ti/c1-2-4-5-3-1;;;;;;;;;/h1-3H,4H2;7*1H3;1H;/q8*-1;;. The van der Waals surface area contributed by atoms with Crippen molar-refractivity contribution in [2.45, 2.75) is 6.42 Å². The second kappa shape index (κ2) is 69.9. The van der Waals surface area contributed by atoms with Gasteiger partial charge in [-0.3, -0.25) is 6.08 Å². The molecular formula is C12H27ClTi-8. The van der Waals surface area contributed by atoms with Crippen LogP contribution in [0.25, 0.3) is 0 Å². The van der Waals surface area contributed by atoms with E-state index in [1.54, 1.807) is 0 Å². The van der Waals surface area contributed by atoms with E-state index < -0.39 is 0 Å². The van der Waals surface area contributed by atoms with Gasteiger partial charge in [-0.25, -0.2) is 12.2 Å². The Labute approximate surface area is 117 Å². The molecular weight excluding hydrogens is 227 g/mol. The third-order valence-electron chi connectivity index (χ3n) is 0.586. The van der Waals surface area contributed by atoms with Crippen LogP contribution in [-0.2, 0) is 21.7 Å². The molecule has 0 saturated carbocycles. The molecule has 1 aliphatic rings. The van der Waals surface area contributed by atoms with Crippen molar-refractivity contribution in [3.05, 3.63) is 76.3 Å². The zero-order valence-corrected chi connectivity index (χ0v) is 13.2. The Morgan fingerprint density at radius 2 is 1.14 bits per heavy atom. The Morgan fingerprint density at radius 1 is 0.786 bits per heavy atom. The number of halogens is 1. The third-order valence-corrected chi connectivity index (χ3v) is 0.586. The van der Waals surface area contributed by atoms with E-state index in [0.717, 1.165) is 6.42 Å². The molecule has 94 valence electrons. The Hall–Kier alpha value is 0.484. The van der Waals surface area contributed by atoms with Crippen LogP contribution in [0.15, 0.2) is 18.2 Å². The Kier molecular flexibility index (Phi) is 437. The molecule has 0 nitrogen and oxygen atoms in total. The van der Waals surface area contributed by atoms with Gasteiger partial charge >= 0.3 is 0 Å². The molecule has 1 rings (SSSR count). The van der Waals surface area contributed by atoms with Crippen LogP contribution in [0, 0.1) is 58.1 Å². The van der Waals surface area contributed by atoms with Crippen LogP contribution >= 0.6 is 12.4 Å². The summed E-state index contributed by atoms with van der Waals surface area (Å²) in [6, 6.07) is 0. The molecule has 0 fully saturated rings. The molecule has 0 atom stereocenters. The summed E-state index contributed by atoms with van der Waals surface area (Å²) in [5.41, 5.74) is 0. The van der Waals surface area contributed by atoms with Gasteiger partial charge in [0, 0.05) is 21.7 Å². The average molecular weight is 255 g/mol. The Balaban J connectivity index is -0.00000000397. The first-order chi connectivity index (χ1) is 2.50. The van der Waals surface area contributed by atoms with Crippen LogP contribution in [0.3, 0.4) is 0 Å². The summed E-state index contributed by atoms with van der Waals surface area (Å²) in [6.45, 7) is 0. The van der Waals surface area contributed by atoms with Gasteiger partial charge in [-0.15, -0.1) is 18.8 Å². The van der Waals surface area contributed by atoms with Crippen molar-refractivity contribution in [3.8, 4) is 0 Å². The van der Waals surface area contributed by atoms with Crippen molar-refractivity contribution < 1.29 is 21.7 Å². The van der Waals surface area contributed by atoms with Gasteiger partial charge in [-0.1, -0.05) is 0 Å². The van der Waals surface area contributed by atoms with Gasteiger partial charge in [0.25, 0.3) is 0 Å². The molecule has 0 N–H and O–H groups in total. The summed E-state index contributed by atoms with van der Waals surface area (Å²) >= 11 is 0. The van der Waals surface area contributed by atoms with E-state index >= 15 is 0 Å². The van der Waals surface area contributed by atoms with Crippen LogP contribution < -0.4 is 0 Å². The zero-order chi connectivity index (χ0) is 3.54. The van der Waals surface area contributed by atoms with Crippen molar-refractivity contribution in [3.63, 3.8) is 0 Å². The van der Waals surface area contributed by atoms with E-state index in [0.29, 0.717) is 0 Å². The fourth-order valence-corrected chi connectivity index (χ4v) is 0.340. The normalized spacial score (nSPS) is 6.29. The van der Waals surface area contributed by atoms with Crippen molar-refractivity contribution in [1.82, 2.24) is 0 Å². The van der Waals surface area contributed by atoms with Crippen LogP contribution in [0.4, 0.5) is 0 Å². The van der Waals surface area contributed by atoms with E-state index in [-0.39, 0.29) is 86.1 Å². The Morgan fingerprint density at radius 3 is 1.21 bits per heavy atom. The molecule has 0 aromatic carbocycles. The topological polar surface area (TPSA) is 0 Å². The van der Waals surface area contributed by atoms with Gasteiger partial charge in [0.1, 0.15) is 0 Å². The number of allylic oxidation sites excluding steroid dienone is 4. The van der Waals surface area contributed by atoms with Gasteiger partial charge in [0.15, 0.2) is 0 Å². The minimum absolute atomic E-state index is 0. The molecule has 14 heavy (non-hydrogen) atoms. The summed E-state index contributed by atoms with van der Waals surface area (Å²) in [6.07, 6.45) is 10.0. The van der Waals surface area contributed by atoms with Gasteiger partial charge in [0.2, 0.25) is 0 Å². The quantitative estimate of drug-likeness (QED) is 0.427. The molecule has 2 heteroatoms. The van der Waals surface area contributed by atoms with Gasteiger partial charge < -0.3 is 52.0 Å². The molecule has 0 unspecified atom stereocenters. The van der Waals surface area contributed by atoms with Gasteiger partial charge in [0.05, 0.1) is 0 Å². The predicted molar refractivity (Wildman–Crippen MR) is 73.7 cm³/mol. The molecule has 0 radical (unpaired) electrons. The van der Waals surface area contributed by atoms with E-state index in [9.17, 15) is 0 Å². The van der Waals surface area contributed by atoms with E-state index in [1.807, 2.05) is 12.2 Å². The maximum absolute atomic E-state index is 2.99. The summed E-state index contributed by atoms with van der Waals surface area (Å²) in [7, 11) is 0. The summed E-state index contributed by atoms with van der Waals surface area (Å²) < 4.78 is 0. The van der Waals surface area contributed by atoms with Gasteiger partial charge in [-0.2, -0.15) is 6.08 Å². The van der Waals surface area contributed by atoms with Crippen molar-refractivity contribution >= 4 is 12.4 Å². The molecule has 0 aromatic rings. The van der Waals surface area contributed by atoms with E-state index in [4.69, 9.17) is 0 Å². The van der Waals surface area contributed by atoms with Crippen LogP contribution in [-0.4, -0.2) is 0 Å². The third kappa shape index (κ3) is 54.7. The summed E-state index contributed by atoms with van der Waals surface area (Å²) in [5, 5.41) is 0. The van der Waals surface area contributed by atoms with Crippen LogP contribution in [0.5, 0.6) is 0 Å². The first-order valence-electron chi connectivity index (χ1n) is 1.72. The largest absolute Gasteiger partial charge is 0.358 e. The molecule has 1 aliphatic carbocycles. The second-order valence-electron chi connectivity index (χ2n) is 1.00. The average Bonchev–Trinajstić information content (AvgIpc) is 1.76. The maximum Gasteiger partial charge on any atom is 0 e. The molecule has 0 heterocycles. The first kappa shape index (κ1) is 87.6.